The minimum atomic E-state index is -1.13. The normalized spacial score (nSPS) is 14.8. The van der Waals surface area contributed by atoms with Crippen LogP contribution in [0.1, 0.15) is 16.1 Å². The quantitative estimate of drug-likeness (QED) is 0.734. The molecule has 2 heterocycles. The van der Waals surface area contributed by atoms with E-state index in [0.717, 1.165) is 0 Å². The van der Waals surface area contributed by atoms with Crippen molar-refractivity contribution in [1.29, 1.82) is 5.26 Å². The van der Waals surface area contributed by atoms with Crippen LogP contribution in [0.2, 0.25) is 0 Å². The van der Waals surface area contributed by atoms with Crippen LogP contribution in [0.15, 0.2) is 12.1 Å². The number of carboxylic acids is 1. The Labute approximate surface area is 103 Å². The molecule has 1 aromatic rings. The van der Waals surface area contributed by atoms with Gasteiger partial charge in [-0.25, -0.2) is 9.78 Å². The summed E-state index contributed by atoms with van der Waals surface area (Å²) < 4.78 is 0. The molecule has 1 amide bonds. The fourth-order valence-electron chi connectivity index (χ4n) is 1.74. The van der Waals surface area contributed by atoms with Gasteiger partial charge in [0.15, 0.2) is 0 Å². The number of amides is 1. The zero-order valence-corrected chi connectivity index (χ0v) is 9.38. The molecular weight excluding hydrogens is 236 g/mol. The van der Waals surface area contributed by atoms with Crippen LogP contribution in [0, 0.1) is 11.3 Å². The summed E-state index contributed by atoms with van der Waals surface area (Å²) in [6.45, 7) is 0.937. The predicted molar refractivity (Wildman–Crippen MR) is 61.1 cm³/mol. The van der Waals surface area contributed by atoms with Crippen LogP contribution in [0.3, 0.4) is 0 Å². The number of carbonyl (C=O) groups excluding carboxylic acids is 1. The number of piperazine rings is 1. The van der Waals surface area contributed by atoms with Crippen LogP contribution in [0.4, 0.5) is 5.82 Å². The molecule has 0 radical (unpaired) electrons. The number of aromatic carboxylic acids is 1. The summed E-state index contributed by atoms with van der Waals surface area (Å²) in [4.78, 5) is 27.9. The molecular formula is C11H10N4O3. The second kappa shape index (κ2) is 4.71. The summed E-state index contributed by atoms with van der Waals surface area (Å²) in [5.74, 6) is -1.16. The molecule has 0 unspecified atom stereocenters. The third kappa shape index (κ3) is 2.22. The molecule has 1 aromatic heterocycles. The molecule has 2 N–H and O–H groups in total. The number of rotatable bonds is 2. The van der Waals surface area contributed by atoms with E-state index in [9.17, 15) is 9.59 Å². The maximum absolute atomic E-state index is 11.3. The van der Waals surface area contributed by atoms with Gasteiger partial charge in [0.2, 0.25) is 5.91 Å². The topological polar surface area (TPSA) is 106 Å². The standard InChI is InChI=1S/C11H10N4O3/c12-5-7-1-2-8(11(17)18)10(14-7)15-4-3-13-9(16)6-15/h1-2H,3-4,6H2,(H,13,16)(H,17,18). The van der Waals surface area contributed by atoms with Crippen molar-refractivity contribution in [2.45, 2.75) is 0 Å². The first-order chi connectivity index (χ1) is 8.61. The molecule has 0 spiro atoms. The van der Waals surface area contributed by atoms with E-state index in [0.29, 0.717) is 13.1 Å². The molecule has 2 rings (SSSR count). The summed E-state index contributed by atoms with van der Waals surface area (Å²) in [7, 11) is 0. The van der Waals surface area contributed by atoms with Crippen molar-refractivity contribution in [2.75, 3.05) is 24.5 Å². The first-order valence-electron chi connectivity index (χ1n) is 5.28. The third-order valence-corrected chi connectivity index (χ3v) is 2.56. The summed E-state index contributed by atoms with van der Waals surface area (Å²) in [5, 5.41) is 20.5. The summed E-state index contributed by atoms with van der Waals surface area (Å²) in [6.07, 6.45) is 0. The van der Waals surface area contributed by atoms with Crippen molar-refractivity contribution in [1.82, 2.24) is 10.3 Å². The van der Waals surface area contributed by atoms with Crippen molar-refractivity contribution in [3.05, 3.63) is 23.4 Å². The van der Waals surface area contributed by atoms with Gasteiger partial charge in [-0.1, -0.05) is 0 Å². The lowest BCUT2D eigenvalue weighted by Gasteiger charge is -2.28. The highest BCUT2D eigenvalue weighted by Gasteiger charge is 2.23. The minimum absolute atomic E-state index is 0.0105. The zero-order valence-electron chi connectivity index (χ0n) is 9.38. The van der Waals surface area contributed by atoms with E-state index in [1.54, 1.807) is 4.90 Å². The molecule has 0 atom stereocenters. The Bertz CT molecular complexity index is 550. The molecule has 1 aliphatic heterocycles. The van der Waals surface area contributed by atoms with E-state index in [1.165, 1.54) is 12.1 Å². The number of aromatic nitrogens is 1. The van der Waals surface area contributed by atoms with Gasteiger partial charge < -0.3 is 15.3 Å². The average Bonchev–Trinajstić information content (AvgIpc) is 2.38. The molecule has 7 heteroatoms. The van der Waals surface area contributed by atoms with Gasteiger partial charge in [0, 0.05) is 13.1 Å². The van der Waals surface area contributed by atoms with Gasteiger partial charge in [0.25, 0.3) is 0 Å². The van der Waals surface area contributed by atoms with E-state index in [1.807, 2.05) is 6.07 Å². The van der Waals surface area contributed by atoms with Crippen molar-refractivity contribution in [3.8, 4) is 6.07 Å². The van der Waals surface area contributed by atoms with Gasteiger partial charge in [-0.3, -0.25) is 4.79 Å². The Kier molecular flexibility index (Phi) is 3.10. The lowest BCUT2D eigenvalue weighted by molar-refractivity contribution is -0.120. The van der Waals surface area contributed by atoms with E-state index in [4.69, 9.17) is 10.4 Å². The SMILES string of the molecule is N#Cc1ccc(C(=O)O)c(N2CCNC(=O)C2)n1. The number of anilines is 1. The molecule has 18 heavy (non-hydrogen) atoms. The van der Waals surface area contributed by atoms with Gasteiger partial charge in [0.05, 0.1) is 6.54 Å². The molecule has 0 saturated carbocycles. The monoisotopic (exact) mass is 246 g/mol. The second-order valence-corrected chi connectivity index (χ2v) is 3.76. The number of nitrogens with zero attached hydrogens (tertiary/aromatic N) is 3. The third-order valence-electron chi connectivity index (χ3n) is 2.56. The fourth-order valence-corrected chi connectivity index (χ4v) is 1.74. The van der Waals surface area contributed by atoms with Gasteiger partial charge in [-0.15, -0.1) is 0 Å². The number of pyridine rings is 1. The summed E-state index contributed by atoms with van der Waals surface area (Å²) in [6, 6.07) is 4.53. The Morgan fingerprint density at radius 1 is 1.56 bits per heavy atom. The number of carboxylic acid groups (broad SMARTS) is 1. The van der Waals surface area contributed by atoms with Crippen molar-refractivity contribution in [3.63, 3.8) is 0 Å². The number of hydrogen-bond acceptors (Lipinski definition) is 5. The number of nitrogens with one attached hydrogen (secondary N) is 1. The first-order valence-corrected chi connectivity index (χ1v) is 5.28. The lowest BCUT2D eigenvalue weighted by Crippen LogP contribution is -2.48. The maximum Gasteiger partial charge on any atom is 0.339 e. The van der Waals surface area contributed by atoms with E-state index < -0.39 is 5.97 Å². The Balaban J connectivity index is 2.43. The maximum atomic E-state index is 11.3. The van der Waals surface area contributed by atoms with Crippen LogP contribution in [0.5, 0.6) is 0 Å². The smallest absolute Gasteiger partial charge is 0.339 e. The lowest BCUT2D eigenvalue weighted by atomic mass is 10.2. The van der Waals surface area contributed by atoms with Gasteiger partial charge >= 0.3 is 5.97 Å². The van der Waals surface area contributed by atoms with Crippen molar-refractivity contribution < 1.29 is 14.7 Å². The summed E-state index contributed by atoms with van der Waals surface area (Å²) >= 11 is 0. The highest BCUT2D eigenvalue weighted by atomic mass is 16.4. The molecule has 0 aliphatic carbocycles. The van der Waals surface area contributed by atoms with E-state index in [2.05, 4.69) is 10.3 Å². The van der Waals surface area contributed by atoms with E-state index in [-0.39, 0.29) is 29.5 Å². The molecule has 1 aliphatic rings. The van der Waals surface area contributed by atoms with Gasteiger partial charge in [-0.05, 0) is 12.1 Å². The molecule has 0 bridgehead atoms. The van der Waals surface area contributed by atoms with Crippen LogP contribution in [0.25, 0.3) is 0 Å². The van der Waals surface area contributed by atoms with Crippen LogP contribution < -0.4 is 10.2 Å². The fraction of sp³-hybridized carbons (Fsp3) is 0.273. The molecule has 1 saturated heterocycles. The van der Waals surface area contributed by atoms with Crippen LogP contribution in [-0.2, 0) is 4.79 Å². The number of hydrogen-bond donors (Lipinski definition) is 2. The minimum Gasteiger partial charge on any atom is -0.478 e. The molecule has 1 fully saturated rings. The Morgan fingerprint density at radius 3 is 2.94 bits per heavy atom. The second-order valence-electron chi connectivity index (χ2n) is 3.76. The van der Waals surface area contributed by atoms with Gasteiger partial charge in [0.1, 0.15) is 23.1 Å². The Morgan fingerprint density at radius 2 is 2.33 bits per heavy atom. The predicted octanol–water partition coefficient (Wildman–Crippen LogP) is -0.412. The molecule has 7 nitrogen and oxygen atoms in total. The number of nitriles is 1. The average molecular weight is 246 g/mol. The van der Waals surface area contributed by atoms with Gasteiger partial charge in [-0.2, -0.15) is 5.26 Å². The molecule has 92 valence electrons. The van der Waals surface area contributed by atoms with E-state index >= 15 is 0 Å². The van der Waals surface area contributed by atoms with Crippen molar-refractivity contribution in [2.24, 2.45) is 0 Å². The molecule has 0 aromatic carbocycles. The van der Waals surface area contributed by atoms with Crippen LogP contribution in [-0.4, -0.2) is 41.6 Å². The summed E-state index contributed by atoms with van der Waals surface area (Å²) in [5.41, 5.74) is 0.115. The number of carbonyl (C=O) groups is 2. The zero-order chi connectivity index (χ0) is 13.1. The Hall–Kier alpha value is -2.62. The first kappa shape index (κ1) is 11.9. The highest BCUT2D eigenvalue weighted by Crippen LogP contribution is 2.19. The largest absolute Gasteiger partial charge is 0.478 e. The van der Waals surface area contributed by atoms with Crippen LogP contribution >= 0.6 is 0 Å². The highest BCUT2D eigenvalue weighted by molar-refractivity contribution is 5.94. The van der Waals surface area contributed by atoms with Crippen molar-refractivity contribution >= 4 is 17.7 Å².